The molecule has 0 fully saturated rings. The van der Waals surface area contributed by atoms with E-state index in [0.717, 1.165) is 11.1 Å². The molecule has 0 aromatic rings. The van der Waals surface area contributed by atoms with Gasteiger partial charge in [0, 0.05) is 26.2 Å². The SMILES string of the molecule is O=C(O)N1CC2=C(C1)CN(C(=O)O)C2. The zero-order chi connectivity index (χ0) is 10.3. The molecule has 2 aliphatic rings. The molecule has 6 nitrogen and oxygen atoms in total. The van der Waals surface area contributed by atoms with E-state index in [1.54, 1.807) is 0 Å². The average molecular weight is 198 g/mol. The summed E-state index contributed by atoms with van der Waals surface area (Å²) in [6.07, 6.45) is -1.89. The molecule has 2 heterocycles. The summed E-state index contributed by atoms with van der Waals surface area (Å²) >= 11 is 0. The first-order chi connectivity index (χ1) is 6.58. The Hall–Kier alpha value is -1.72. The van der Waals surface area contributed by atoms with Crippen LogP contribution in [0, 0.1) is 0 Å². The fraction of sp³-hybridized carbons (Fsp3) is 0.500. The van der Waals surface area contributed by atoms with Gasteiger partial charge in [0.25, 0.3) is 0 Å². The first-order valence-electron chi connectivity index (χ1n) is 4.23. The highest BCUT2D eigenvalue weighted by Gasteiger charge is 2.33. The summed E-state index contributed by atoms with van der Waals surface area (Å²) < 4.78 is 0. The third-order valence-electron chi connectivity index (χ3n) is 2.57. The Kier molecular flexibility index (Phi) is 1.83. The second-order valence-electron chi connectivity index (χ2n) is 3.48. The zero-order valence-corrected chi connectivity index (χ0v) is 7.43. The first-order valence-corrected chi connectivity index (χ1v) is 4.23. The molecule has 76 valence electrons. The van der Waals surface area contributed by atoms with Crippen LogP contribution >= 0.6 is 0 Å². The summed E-state index contributed by atoms with van der Waals surface area (Å²) in [5.41, 5.74) is 1.88. The Morgan fingerprint density at radius 2 is 1.14 bits per heavy atom. The van der Waals surface area contributed by atoms with Crippen LogP contribution in [0.15, 0.2) is 11.1 Å². The lowest BCUT2D eigenvalue weighted by Gasteiger charge is -2.18. The quantitative estimate of drug-likeness (QED) is 0.547. The molecule has 0 unspecified atom stereocenters. The number of amides is 2. The molecule has 2 N–H and O–H groups in total. The molecule has 0 atom stereocenters. The van der Waals surface area contributed by atoms with Gasteiger partial charge in [0.05, 0.1) is 0 Å². The van der Waals surface area contributed by atoms with E-state index < -0.39 is 12.2 Å². The smallest absolute Gasteiger partial charge is 0.407 e. The van der Waals surface area contributed by atoms with Crippen LogP contribution in [-0.4, -0.2) is 58.4 Å². The maximum atomic E-state index is 10.6. The molecule has 0 aromatic carbocycles. The molecule has 2 rings (SSSR count). The average Bonchev–Trinajstić information content (AvgIpc) is 2.57. The minimum absolute atomic E-state index is 0.356. The van der Waals surface area contributed by atoms with Crippen molar-refractivity contribution in [1.29, 1.82) is 0 Å². The monoisotopic (exact) mass is 198 g/mol. The van der Waals surface area contributed by atoms with Crippen LogP contribution < -0.4 is 0 Å². The normalized spacial score (nSPS) is 20.3. The molecular formula is C8H10N2O4. The maximum absolute atomic E-state index is 10.6. The standard InChI is InChI=1S/C8H10N2O4/c11-7(12)9-1-5-2-10(8(13)14)4-6(5)3-9/h1-4H2,(H,11,12)(H,13,14). The Labute approximate surface area is 80.0 Å². The van der Waals surface area contributed by atoms with E-state index in [0.29, 0.717) is 26.2 Å². The maximum Gasteiger partial charge on any atom is 0.407 e. The first kappa shape index (κ1) is 8.86. The van der Waals surface area contributed by atoms with Gasteiger partial charge >= 0.3 is 12.2 Å². The third-order valence-corrected chi connectivity index (χ3v) is 2.57. The predicted molar refractivity (Wildman–Crippen MR) is 46.2 cm³/mol. The summed E-state index contributed by atoms with van der Waals surface area (Å²) in [7, 11) is 0. The second-order valence-corrected chi connectivity index (χ2v) is 3.48. The van der Waals surface area contributed by atoms with Crippen molar-refractivity contribution in [2.75, 3.05) is 26.2 Å². The van der Waals surface area contributed by atoms with E-state index in [1.807, 2.05) is 0 Å². The molecule has 2 amide bonds. The molecule has 2 aliphatic heterocycles. The summed E-state index contributed by atoms with van der Waals surface area (Å²) in [6.45, 7) is 1.42. The number of carboxylic acid groups (broad SMARTS) is 2. The van der Waals surface area contributed by atoms with Crippen molar-refractivity contribution in [2.45, 2.75) is 0 Å². The van der Waals surface area contributed by atoms with Gasteiger partial charge in [0.1, 0.15) is 0 Å². The molecule has 0 aromatic heterocycles. The lowest BCUT2D eigenvalue weighted by atomic mass is 10.2. The molecule has 0 aliphatic carbocycles. The van der Waals surface area contributed by atoms with E-state index in [-0.39, 0.29) is 0 Å². The van der Waals surface area contributed by atoms with Gasteiger partial charge in [0.15, 0.2) is 0 Å². The highest BCUT2D eigenvalue weighted by Crippen LogP contribution is 2.25. The fourth-order valence-electron chi connectivity index (χ4n) is 1.85. The number of hydrogen-bond acceptors (Lipinski definition) is 2. The van der Waals surface area contributed by atoms with Crippen molar-refractivity contribution in [3.63, 3.8) is 0 Å². The second kappa shape index (κ2) is 2.90. The number of nitrogens with zero attached hydrogens (tertiary/aromatic N) is 2. The largest absolute Gasteiger partial charge is 0.465 e. The van der Waals surface area contributed by atoms with Crippen molar-refractivity contribution < 1.29 is 19.8 Å². The molecule has 0 bridgehead atoms. The number of rotatable bonds is 0. The number of carbonyl (C=O) groups is 2. The molecule has 0 spiro atoms. The predicted octanol–water partition coefficient (Wildman–Crippen LogP) is 0.270. The summed E-state index contributed by atoms with van der Waals surface area (Å²) in [4.78, 5) is 23.8. The van der Waals surface area contributed by atoms with Crippen LogP contribution in [0.3, 0.4) is 0 Å². The van der Waals surface area contributed by atoms with Crippen LogP contribution in [-0.2, 0) is 0 Å². The van der Waals surface area contributed by atoms with Crippen molar-refractivity contribution in [2.24, 2.45) is 0 Å². The van der Waals surface area contributed by atoms with E-state index in [2.05, 4.69) is 0 Å². The van der Waals surface area contributed by atoms with Crippen LogP contribution in [0.4, 0.5) is 9.59 Å². The van der Waals surface area contributed by atoms with Crippen LogP contribution in [0.1, 0.15) is 0 Å². The van der Waals surface area contributed by atoms with Gasteiger partial charge in [-0.2, -0.15) is 0 Å². The third kappa shape index (κ3) is 1.28. The molecule has 14 heavy (non-hydrogen) atoms. The van der Waals surface area contributed by atoms with Gasteiger partial charge in [-0.3, -0.25) is 0 Å². The lowest BCUT2D eigenvalue weighted by Crippen LogP contribution is -2.35. The summed E-state index contributed by atoms with van der Waals surface area (Å²) in [6, 6.07) is 0. The lowest BCUT2D eigenvalue weighted by molar-refractivity contribution is 0.147. The van der Waals surface area contributed by atoms with Gasteiger partial charge in [-0.15, -0.1) is 0 Å². The Morgan fingerprint density at radius 1 is 0.857 bits per heavy atom. The van der Waals surface area contributed by atoms with Crippen molar-refractivity contribution in [1.82, 2.24) is 9.80 Å². The van der Waals surface area contributed by atoms with Crippen LogP contribution in [0.25, 0.3) is 0 Å². The molecule has 0 saturated heterocycles. The van der Waals surface area contributed by atoms with E-state index >= 15 is 0 Å². The molecule has 6 heteroatoms. The highest BCUT2D eigenvalue weighted by atomic mass is 16.4. The minimum atomic E-state index is -0.943. The van der Waals surface area contributed by atoms with Crippen molar-refractivity contribution in [3.05, 3.63) is 11.1 Å². The van der Waals surface area contributed by atoms with E-state index in [9.17, 15) is 9.59 Å². The summed E-state index contributed by atoms with van der Waals surface area (Å²) in [5.74, 6) is 0. The van der Waals surface area contributed by atoms with Gasteiger partial charge in [-0.05, 0) is 11.1 Å². The molecule has 0 saturated carbocycles. The topological polar surface area (TPSA) is 81.1 Å². The van der Waals surface area contributed by atoms with Crippen molar-refractivity contribution in [3.8, 4) is 0 Å². The molecule has 0 radical (unpaired) electrons. The fourth-order valence-corrected chi connectivity index (χ4v) is 1.85. The summed E-state index contributed by atoms with van der Waals surface area (Å²) in [5, 5.41) is 17.4. The minimum Gasteiger partial charge on any atom is -0.465 e. The zero-order valence-electron chi connectivity index (χ0n) is 7.43. The van der Waals surface area contributed by atoms with Gasteiger partial charge < -0.3 is 20.0 Å². The number of hydrogen-bond donors (Lipinski definition) is 2. The van der Waals surface area contributed by atoms with Gasteiger partial charge in [-0.1, -0.05) is 0 Å². The van der Waals surface area contributed by atoms with Crippen LogP contribution in [0.2, 0.25) is 0 Å². The van der Waals surface area contributed by atoms with Crippen molar-refractivity contribution >= 4 is 12.2 Å². The Balaban J connectivity index is 2.00. The van der Waals surface area contributed by atoms with Gasteiger partial charge in [-0.25, -0.2) is 9.59 Å². The van der Waals surface area contributed by atoms with E-state index in [1.165, 1.54) is 9.80 Å². The Morgan fingerprint density at radius 3 is 1.36 bits per heavy atom. The molecular weight excluding hydrogens is 188 g/mol. The van der Waals surface area contributed by atoms with Crippen LogP contribution in [0.5, 0.6) is 0 Å². The Bertz CT molecular complexity index is 288. The van der Waals surface area contributed by atoms with E-state index in [4.69, 9.17) is 10.2 Å². The van der Waals surface area contributed by atoms with Gasteiger partial charge in [0.2, 0.25) is 0 Å². The highest BCUT2D eigenvalue weighted by molar-refractivity contribution is 5.70.